The van der Waals surface area contributed by atoms with E-state index in [0.717, 1.165) is 32.5 Å². The molecule has 1 aromatic carbocycles. The van der Waals surface area contributed by atoms with Crippen LogP contribution in [0.4, 0.5) is 0 Å². The van der Waals surface area contributed by atoms with Crippen molar-refractivity contribution in [3.63, 3.8) is 0 Å². The lowest BCUT2D eigenvalue weighted by atomic mass is 9.86. The third kappa shape index (κ3) is 2.64. The fourth-order valence-electron chi connectivity index (χ4n) is 3.12. The van der Waals surface area contributed by atoms with E-state index in [9.17, 15) is 9.90 Å². The molecule has 3 aliphatic heterocycles. The number of phenolic OH excluding ortho intramolecular Hbond substituents is 1. The molecule has 0 spiro atoms. The van der Waals surface area contributed by atoms with Crippen LogP contribution in [-0.2, 0) is 9.53 Å². The summed E-state index contributed by atoms with van der Waals surface area (Å²) in [6.07, 6.45) is 2.16. The number of esters is 1. The Kier molecular flexibility index (Phi) is 3.63. The number of hydrogen-bond donors (Lipinski definition) is 2. The zero-order valence-corrected chi connectivity index (χ0v) is 11.4. The fourth-order valence-corrected chi connectivity index (χ4v) is 3.12. The average Bonchev–Trinajstić information content (AvgIpc) is 2.47. The zero-order valence-electron chi connectivity index (χ0n) is 11.4. The second-order valence-electron chi connectivity index (χ2n) is 5.69. The first kappa shape index (κ1) is 13.4. The molecule has 0 radical (unpaired) electrons. The van der Waals surface area contributed by atoms with Crippen LogP contribution in [0.15, 0.2) is 24.3 Å². The van der Waals surface area contributed by atoms with Gasteiger partial charge in [-0.1, -0.05) is 12.1 Å². The molecule has 3 fully saturated rings. The molecule has 3 N–H and O–H groups in total. The average molecular weight is 276 g/mol. The van der Waals surface area contributed by atoms with Crippen molar-refractivity contribution in [2.45, 2.75) is 25.0 Å². The first-order valence-electron chi connectivity index (χ1n) is 7.11. The minimum absolute atomic E-state index is 0.0339. The van der Waals surface area contributed by atoms with Gasteiger partial charge >= 0.3 is 5.97 Å². The Hall–Kier alpha value is -1.59. The molecule has 108 valence electrons. The van der Waals surface area contributed by atoms with Gasteiger partial charge in [0.2, 0.25) is 0 Å². The maximum Gasteiger partial charge on any atom is 0.327 e. The highest BCUT2D eigenvalue weighted by Crippen LogP contribution is 2.30. The minimum atomic E-state index is -0.836. The number of carbonyl (C=O) groups excluding carboxylic acids is 1. The Labute approximate surface area is 118 Å². The lowest BCUT2D eigenvalue weighted by Crippen LogP contribution is -2.52. The first-order valence-corrected chi connectivity index (χ1v) is 7.11. The van der Waals surface area contributed by atoms with Gasteiger partial charge in [-0.15, -0.1) is 0 Å². The van der Waals surface area contributed by atoms with E-state index in [-0.39, 0.29) is 11.9 Å². The van der Waals surface area contributed by atoms with E-state index in [1.807, 2.05) is 0 Å². The number of carbonyl (C=O) groups is 1. The molecule has 20 heavy (non-hydrogen) atoms. The van der Waals surface area contributed by atoms with Crippen molar-refractivity contribution < 1.29 is 14.6 Å². The molecule has 2 atom stereocenters. The Morgan fingerprint density at radius 1 is 1.40 bits per heavy atom. The van der Waals surface area contributed by atoms with Crippen LogP contribution in [0.5, 0.6) is 5.75 Å². The number of phenols is 1. The number of benzene rings is 1. The number of nitrogens with two attached hydrogens (primary N) is 1. The molecule has 2 bridgehead atoms. The monoisotopic (exact) mass is 276 g/mol. The second-order valence-corrected chi connectivity index (χ2v) is 5.69. The van der Waals surface area contributed by atoms with Crippen molar-refractivity contribution in [3.8, 4) is 5.75 Å². The van der Waals surface area contributed by atoms with Crippen molar-refractivity contribution in [1.29, 1.82) is 0 Å². The lowest BCUT2D eigenvalue weighted by molar-refractivity contribution is -0.160. The summed E-state index contributed by atoms with van der Waals surface area (Å²) in [6, 6.07) is 5.61. The van der Waals surface area contributed by atoms with Crippen molar-refractivity contribution in [2.75, 3.05) is 19.6 Å². The molecule has 0 saturated carbocycles. The van der Waals surface area contributed by atoms with Gasteiger partial charge in [-0.25, -0.2) is 4.79 Å². The van der Waals surface area contributed by atoms with Gasteiger partial charge in [-0.2, -0.15) is 0 Å². The maximum absolute atomic E-state index is 12.2. The molecule has 3 saturated heterocycles. The Morgan fingerprint density at radius 2 is 2.15 bits per heavy atom. The van der Waals surface area contributed by atoms with Gasteiger partial charge < -0.3 is 15.6 Å². The summed E-state index contributed by atoms with van der Waals surface area (Å²) in [5, 5.41) is 9.44. The molecule has 5 nitrogen and oxygen atoms in total. The van der Waals surface area contributed by atoms with Crippen LogP contribution in [0.25, 0.3) is 0 Å². The number of aromatic hydroxyl groups is 1. The largest absolute Gasteiger partial charge is 0.508 e. The standard InChI is InChI=1S/C15H20N2O3/c16-14(11-2-1-3-12(18)8-11)15(19)20-13-9-17-6-4-10(13)5-7-17/h1-3,8,10,13-14,18H,4-7,9,16H2/t13-,14?/m0/s1. The van der Waals surface area contributed by atoms with Gasteiger partial charge in [-0.3, -0.25) is 4.90 Å². The summed E-state index contributed by atoms with van der Waals surface area (Å²) >= 11 is 0. The van der Waals surface area contributed by atoms with E-state index in [4.69, 9.17) is 10.5 Å². The molecule has 0 aliphatic carbocycles. The topological polar surface area (TPSA) is 75.8 Å². The third-order valence-electron chi connectivity index (χ3n) is 4.35. The van der Waals surface area contributed by atoms with Crippen LogP contribution in [0, 0.1) is 5.92 Å². The number of ether oxygens (including phenoxy) is 1. The SMILES string of the molecule is NC(C(=O)O[C@H]1CN2CCC1CC2)c1cccc(O)c1. The van der Waals surface area contributed by atoms with Gasteiger partial charge in [-0.05, 0) is 49.5 Å². The predicted molar refractivity (Wildman–Crippen MR) is 74.1 cm³/mol. The molecule has 3 heterocycles. The number of fused-ring (bicyclic) bond motifs is 3. The number of rotatable bonds is 3. The van der Waals surface area contributed by atoms with Gasteiger partial charge in [0, 0.05) is 6.54 Å². The van der Waals surface area contributed by atoms with E-state index >= 15 is 0 Å². The van der Waals surface area contributed by atoms with Crippen LogP contribution in [0.1, 0.15) is 24.4 Å². The predicted octanol–water partition coefficient (Wildman–Crippen LogP) is 1.03. The van der Waals surface area contributed by atoms with E-state index in [0.29, 0.717) is 11.5 Å². The van der Waals surface area contributed by atoms with Gasteiger partial charge in [0.1, 0.15) is 17.9 Å². The third-order valence-corrected chi connectivity index (χ3v) is 4.35. The highest BCUT2D eigenvalue weighted by Gasteiger charge is 2.37. The molecule has 5 heteroatoms. The van der Waals surface area contributed by atoms with Crippen LogP contribution in [0.3, 0.4) is 0 Å². The van der Waals surface area contributed by atoms with Crippen LogP contribution >= 0.6 is 0 Å². The van der Waals surface area contributed by atoms with Crippen LogP contribution < -0.4 is 5.73 Å². The van der Waals surface area contributed by atoms with Gasteiger partial charge in [0.05, 0.1) is 0 Å². The summed E-state index contributed by atoms with van der Waals surface area (Å²) in [7, 11) is 0. The second kappa shape index (κ2) is 5.42. The number of hydrogen-bond acceptors (Lipinski definition) is 5. The molecule has 1 unspecified atom stereocenters. The van der Waals surface area contributed by atoms with Crippen LogP contribution in [-0.4, -0.2) is 41.7 Å². The summed E-state index contributed by atoms with van der Waals surface area (Å²) < 4.78 is 5.59. The molecule has 0 aromatic heterocycles. The van der Waals surface area contributed by atoms with Crippen molar-refractivity contribution in [2.24, 2.45) is 11.7 Å². The summed E-state index contributed by atoms with van der Waals surface area (Å²) in [6.45, 7) is 3.04. The summed E-state index contributed by atoms with van der Waals surface area (Å²) in [5.41, 5.74) is 6.50. The van der Waals surface area contributed by atoms with Crippen molar-refractivity contribution in [1.82, 2.24) is 4.90 Å². The molecule has 3 aliphatic rings. The highest BCUT2D eigenvalue weighted by molar-refractivity contribution is 5.77. The fraction of sp³-hybridized carbons (Fsp3) is 0.533. The normalized spacial score (nSPS) is 29.9. The minimum Gasteiger partial charge on any atom is -0.508 e. The van der Waals surface area contributed by atoms with Crippen molar-refractivity contribution in [3.05, 3.63) is 29.8 Å². The van der Waals surface area contributed by atoms with Crippen molar-refractivity contribution >= 4 is 5.97 Å². The number of nitrogens with zero attached hydrogens (tertiary/aromatic N) is 1. The maximum atomic E-state index is 12.2. The van der Waals surface area contributed by atoms with Gasteiger partial charge in [0.15, 0.2) is 0 Å². The molecule has 4 rings (SSSR count). The first-order chi connectivity index (χ1) is 9.63. The Balaban J connectivity index is 1.64. The molecule has 0 amide bonds. The Bertz CT molecular complexity index is 498. The van der Waals surface area contributed by atoms with E-state index < -0.39 is 12.0 Å². The summed E-state index contributed by atoms with van der Waals surface area (Å²) in [4.78, 5) is 14.5. The van der Waals surface area contributed by atoms with E-state index in [1.54, 1.807) is 18.2 Å². The molecule has 1 aromatic rings. The smallest absolute Gasteiger partial charge is 0.327 e. The van der Waals surface area contributed by atoms with Crippen LogP contribution in [0.2, 0.25) is 0 Å². The number of piperidine rings is 3. The van der Waals surface area contributed by atoms with Gasteiger partial charge in [0.25, 0.3) is 0 Å². The quantitative estimate of drug-likeness (QED) is 0.806. The molecular formula is C15H20N2O3. The highest BCUT2D eigenvalue weighted by atomic mass is 16.5. The summed E-state index contributed by atoms with van der Waals surface area (Å²) in [5.74, 6) is 0.170. The zero-order chi connectivity index (χ0) is 14.1. The molecular weight excluding hydrogens is 256 g/mol. The van der Waals surface area contributed by atoms with E-state index in [2.05, 4.69) is 4.90 Å². The lowest BCUT2D eigenvalue weighted by Gasteiger charge is -2.44. The Morgan fingerprint density at radius 3 is 2.75 bits per heavy atom. The van der Waals surface area contributed by atoms with E-state index in [1.165, 1.54) is 6.07 Å².